The number of piperazine rings is 1. The molecule has 1 atom stereocenters. The number of nitrogens with zero attached hydrogens (tertiary/aromatic N) is 1. The SMILES string of the molecule is c1ccc(C2CNCCN2CCOC2CCCCC2)cc1. The van der Waals surface area contributed by atoms with E-state index in [2.05, 4.69) is 40.5 Å². The molecule has 116 valence electrons. The molecular weight excluding hydrogens is 260 g/mol. The predicted molar refractivity (Wildman–Crippen MR) is 86.5 cm³/mol. The van der Waals surface area contributed by atoms with Crippen molar-refractivity contribution in [1.82, 2.24) is 10.2 Å². The molecule has 1 aliphatic carbocycles. The second kappa shape index (κ2) is 7.92. The predicted octanol–water partition coefficient (Wildman–Crippen LogP) is 2.98. The highest BCUT2D eigenvalue weighted by atomic mass is 16.5. The number of hydrogen-bond acceptors (Lipinski definition) is 3. The van der Waals surface area contributed by atoms with E-state index in [1.165, 1.54) is 37.7 Å². The van der Waals surface area contributed by atoms with E-state index in [0.29, 0.717) is 12.1 Å². The number of rotatable bonds is 5. The van der Waals surface area contributed by atoms with E-state index >= 15 is 0 Å². The minimum Gasteiger partial charge on any atom is -0.377 e. The summed E-state index contributed by atoms with van der Waals surface area (Å²) >= 11 is 0. The lowest BCUT2D eigenvalue weighted by molar-refractivity contribution is 0.00712. The molecule has 1 aliphatic heterocycles. The zero-order valence-electron chi connectivity index (χ0n) is 13.0. The molecule has 1 saturated carbocycles. The van der Waals surface area contributed by atoms with Crippen LogP contribution in [0.3, 0.4) is 0 Å². The first-order chi connectivity index (χ1) is 10.4. The number of benzene rings is 1. The Kier molecular flexibility index (Phi) is 5.67. The summed E-state index contributed by atoms with van der Waals surface area (Å²) in [7, 11) is 0. The summed E-state index contributed by atoms with van der Waals surface area (Å²) in [6, 6.07) is 11.4. The first kappa shape index (κ1) is 15.0. The van der Waals surface area contributed by atoms with Crippen molar-refractivity contribution in [3.8, 4) is 0 Å². The number of nitrogens with one attached hydrogen (secondary N) is 1. The molecule has 21 heavy (non-hydrogen) atoms. The van der Waals surface area contributed by atoms with Crippen LogP contribution in [0.15, 0.2) is 30.3 Å². The molecule has 1 N–H and O–H groups in total. The standard InChI is InChI=1S/C18H28N2O/c1-3-7-16(8-4-1)18-15-19-11-12-20(18)13-14-21-17-9-5-2-6-10-17/h1,3-4,7-8,17-19H,2,5-6,9-15H2. The van der Waals surface area contributed by atoms with Crippen molar-refractivity contribution in [2.45, 2.75) is 44.2 Å². The third-order valence-corrected chi connectivity index (χ3v) is 4.82. The molecule has 0 aromatic heterocycles. The lowest BCUT2D eigenvalue weighted by atomic mass is 9.98. The average Bonchev–Trinajstić information content (AvgIpc) is 2.57. The molecule has 1 aromatic carbocycles. The second-order valence-electron chi connectivity index (χ2n) is 6.30. The smallest absolute Gasteiger partial charge is 0.0597 e. The molecule has 2 fully saturated rings. The van der Waals surface area contributed by atoms with Crippen molar-refractivity contribution in [1.29, 1.82) is 0 Å². The molecule has 1 unspecified atom stereocenters. The Bertz CT molecular complexity index is 403. The van der Waals surface area contributed by atoms with Crippen molar-refractivity contribution in [3.05, 3.63) is 35.9 Å². The van der Waals surface area contributed by atoms with Gasteiger partial charge in [-0.25, -0.2) is 0 Å². The zero-order chi connectivity index (χ0) is 14.3. The summed E-state index contributed by atoms with van der Waals surface area (Å²) in [6.45, 7) is 5.19. The van der Waals surface area contributed by atoms with Gasteiger partial charge in [-0.15, -0.1) is 0 Å². The maximum absolute atomic E-state index is 6.11. The van der Waals surface area contributed by atoms with Crippen LogP contribution in [0.25, 0.3) is 0 Å². The van der Waals surface area contributed by atoms with Crippen LogP contribution < -0.4 is 5.32 Å². The third kappa shape index (κ3) is 4.29. The Hall–Kier alpha value is -0.900. The highest BCUT2D eigenvalue weighted by Crippen LogP contribution is 2.23. The molecule has 3 heteroatoms. The van der Waals surface area contributed by atoms with Gasteiger partial charge in [0.25, 0.3) is 0 Å². The lowest BCUT2D eigenvalue weighted by Gasteiger charge is -2.36. The Morgan fingerprint density at radius 2 is 1.90 bits per heavy atom. The van der Waals surface area contributed by atoms with Gasteiger partial charge in [-0.3, -0.25) is 4.90 Å². The minimum atomic E-state index is 0.495. The van der Waals surface area contributed by atoms with Crippen molar-refractivity contribution in [2.75, 3.05) is 32.8 Å². The Balaban J connectivity index is 1.50. The molecule has 0 bridgehead atoms. The van der Waals surface area contributed by atoms with Gasteiger partial charge < -0.3 is 10.1 Å². The van der Waals surface area contributed by atoms with Gasteiger partial charge in [0.15, 0.2) is 0 Å². The second-order valence-corrected chi connectivity index (χ2v) is 6.30. The minimum absolute atomic E-state index is 0.495. The van der Waals surface area contributed by atoms with Gasteiger partial charge in [0.1, 0.15) is 0 Å². The van der Waals surface area contributed by atoms with Crippen molar-refractivity contribution >= 4 is 0 Å². The highest BCUT2D eigenvalue weighted by Gasteiger charge is 2.23. The number of hydrogen-bond donors (Lipinski definition) is 1. The van der Waals surface area contributed by atoms with Gasteiger partial charge in [0.05, 0.1) is 12.7 Å². The summed E-state index contributed by atoms with van der Waals surface area (Å²) < 4.78 is 6.11. The molecule has 1 heterocycles. The van der Waals surface area contributed by atoms with E-state index in [-0.39, 0.29) is 0 Å². The molecular formula is C18H28N2O. The van der Waals surface area contributed by atoms with Gasteiger partial charge >= 0.3 is 0 Å². The summed E-state index contributed by atoms with van der Waals surface area (Å²) in [4.78, 5) is 2.58. The summed E-state index contributed by atoms with van der Waals surface area (Å²) in [5, 5.41) is 3.52. The summed E-state index contributed by atoms with van der Waals surface area (Å²) in [6.07, 6.45) is 7.16. The van der Waals surface area contributed by atoms with Crippen molar-refractivity contribution in [2.24, 2.45) is 0 Å². The molecule has 3 nitrogen and oxygen atoms in total. The quantitative estimate of drug-likeness (QED) is 0.901. The van der Waals surface area contributed by atoms with E-state index in [4.69, 9.17) is 4.74 Å². The van der Waals surface area contributed by atoms with Gasteiger partial charge in [-0.1, -0.05) is 49.6 Å². The summed E-state index contributed by atoms with van der Waals surface area (Å²) in [5.41, 5.74) is 1.42. The number of ether oxygens (including phenoxy) is 1. The van der Waals surface area contributed by atoms with Crippen LogP contribution >= 0.6 is 0 Å². The van der Waals surface area contributed by atoms with Gasteiger partial charge in [-0.2, -0.15) is 0 Å². The van der Waals surface area contributed by atoms with Crippen LogP contribution in [0.5, 0.6) is 0 Å². The highest BCUT2D eigenvalue weighted by molar-refractivity contribution is 5.20. The van der Waals surface area contributed by atoms with Crippen LogP contribution in [0, 0.1) is 0 Å². The first-order valence-corrected chi connectivity index (χ1v) is 8.55. The summed E-state index contributed by atoms with van der Waals surface area (Å²) in [5.74, 6) is 0. The van der Waals surface area contributed by atoms with Gasteiger partial charge in [0.2, 0.25) is 0 Å². The monoisotopic (exact) mass is 288 g/mol. The molecule has 2 aliphatic rings. The van der Waals surface area contributed by atoms with E-state index in [1.54, 1.807) is 0 Å². The molecule has 1 aromatic rings. The fourth-order valence-electron chi connectivity index (χ4n) is 3.59. The maximum atomic E-state index is 6.11. The maximum Gasteiger partial charge on any atom is 0.0597 e. The van der Waals surface area contributed by atoms with Crippen LogP contribution in [0.4, 0.5) is 0 Å². The van der Waals surface area contributed by atoms with E-state index in [1.807, 2.05) is 0 Å². The third-order valence-electron chi connectivity index (χ3n) is 4.82. The topological polar surface area (TPSA) is 24.5 Å². The molecule has 0 amide bonds. The Morgan fingerprint density at radius 1 is 1.10 bits per heavy atom. The molecule has 3 rings (SSSR count). The van der Waals surface area contributed by atoms with Gasteiger partial charge in [0, 0.05) is 32.2 Å². The van der Waals surface area contributed by atoms with Crippen molar-refractivity contribution in [3.63, 3.8) is 0 Å². The fourth-order valence-corrected chi connectivity index (χ4v) is 3.59. The molecule has 1 saturated heterocycles. The zero-order valence-corrected chi connectivity index (χ0v) is 13.0. The molecule has 0 spiro atoms. The lowest BCUT2D eigenvalue weighted by Crippen LogP contribution is -2.47. The van der Waals surface area contributed by atoms with Crippen LogP contribution in [-0.2, 0) is 4.74 Å². The van der Waals surface area contributed by atoms with Crippen molar-refractivity contribution < 1.29 is 4.74 Å². The van der Waals surface area contributed by atoms with E-state index in [0.717, 1.165) is 32.8 Å². The van der Waals surface area contributed by atoms with E-state index in [9.17, 15) is 0 Å². The van der Waals surface area contributed by atoms with Gasteiger partial charge in [-0.05, 0) is 18.4 Å². The average molecular weight is 288 g/mol. The fraction of sp³-hybridized carbons (Fsp3) is 0.667. The Morgan fingerprint density at radius 3 is 2.71 bits per heavy atom. The van der Waals surface area contributed by atoms with E-state index < -0.39 is 0 Å². The van der Waals surface area contributed by atoms with Crippen LogP contribution in [0.1, 0.15) is 43.7 Å². The van der Waals surface area contributed by atoms with Crippen LogP contribution in [-0.4, -0.2) is 43.8 Å². The normalized spacial score (nSPS) is 25.0. The Labute approximate surface area is 128 Å². The largest absolute Gasteiger partial charge is 0.377 e. The van der Waals surface area contributed by atoms with Crippen LogP contribution in [0.2, 0.25) is 0 Å². The first-order valence-electron chi connectivity index (χ1n) is 8.55. The molecule has 0 radical (unpaired) electrons.